The monoisotopic (exact) mass is 308 g/mol. The number of rotatable bonds is 3. The van der Waals surface area contributed by atoms with Crippen LogP contribution in [0.25, 0.3) is 6.08 Å². The van der Waals surface area contributed by atoms with Gasteiger partial charge in [0, 0.05) is 0 Å². The number of phenols is 1. The zero-order chi connectivity index (χ0) is 16.0. The Kier molecular flexibility index (Phi) is 3.63. The van der Waals surface area contributed by atoms with Crippen molar-refractivity contribution in [3.05, 3.63) is 47.1 Å². The highest BCUT2D eigenvalue weighted by Crippen LogP contribution is 2.61. The molecular weight excluding hydrogens is 280 g/mol. The molecule has 1 N–H and O–H groups in total. The highest BCUT2D eigenvalue weighted by Gasteiger charge is 2.50. The largest absolute Gasteiger partial charge is 0.508 e. The van der Waals surface area contributed by atoms with Crippen LogP contribution in [-0.2, 0) is 0 Å². The van der Waals surface area contributed by atoms with Gasteiger partial charge in [0.15, 0.2) is 0 Å². The lowest BCUT2D eigenvalue weighted by molar-refractivity contribution is 0.111. The smallest absolute Gasteiger partial charge is 0.116 e. The Labute approximate surface area is 140 Å². The van der Waals surface area contributed by atoms with E-state index in [0.717, 1.165) is 5.92 Å². The molecule has 0 amide bonds. The third kappa shape index (κ3) is 2.28. The van der Waals surface area contributed by atoms with Gasteiger partial charge in [0.2, 0.25) is 0 Å². The predicted octanol–water partition coefficient (Wildman–Crippen LogP) is 6.06. The minimum atomic E-state index is 0.386. The van der Waals surface area contributed by atoms with Crippen LogP contribution < -0.4 is 0 Å². The second-order valence-corrected chi connectivity index (χ2v) is 7.99. The van der Waals surface area contributed by atoms with Gasteiger partial charge in [-0.05, 0) is 78.5 Å². The quantitative estimate of drug-likeness (QED) is 0.673. The molecule has 0 aliphatic heterocycles. The number of benzene rings is 1. The van der Waals surface area contributed by atoms with Gasteiger partial charge in [-0.3, -0.25) is 0 Å². The third-order valence-electron chi connectivity index (χ3n) is 6.84. The summed E-state index contributed by atoms with van der Waals surface area (Å²) in [6, 6.07) is 5.95. The Morgan fingerprint density at radius 2 is 2.17 bits per heavy atom. The van der Waals surface area contributed by atoms with Gasteiger partial charge in [0.25, 0.3) is 0 Å². The molecule has 1 heteroatoms. The standard InChI is InChI=1S/C22H28O/c1-3-4-5-16-7-11-21-20-9-6-15-14-17(23)8-10-18(15)19(20)12-13-22(16,21)2/h6-10,14,19-21,23H,3-5,11-13H2,1-2H3/t19?,20?,21?,22-/m1/s1. The van der Waals surface area contributed by atoms with Gasteiger partial charge in [-0.2, -0.15) is 0 Å². The Morgan fingerprint density at radius 3 is 3.00 bits per heavy atom. The molecule has 0 bridgehead atoms. The average molecular weight is 308 g/mol. The van der Waals surface area contributed by atoms with Gasteiger partial charge in [0.05, 0.1) is 0 Å². The highest BCUT2D eigenvalue weighted by molar-refractivity contribution is 5.61. The van der Waals surface area contributed by atoms with E-state index < -0.39 is 0 Å². The maximum atomic E-state index is 9.75. The fraction of sp³-hybridized carbons (Fsp3) is 0.545. The molecule has 3 aliphatic rings. The second-order valence-electron chi connectivity index (χ2n) is 7.99. The fourth-order valence-corrected chi connectivity index (χ4v) is 5.50. The van der Waals surface area contributed by atoms with Crippen molar-refractivity contribution in [2.75, 3.05) is 0 Å². The molecule has 1 fully saturated rings. The van der Waals surface area contributed by atoms with E-state index in [-0.39, 0.29) is 0 Å². The minimum Gasteiger partial charge on any atom is -0.508 e. The summed E-state index contributed by atoms with van der Waals surface area (Å²) in [6.45, 7) is 4.82. The molecule has 0 radical (unpaired) electrons. The molecule has 1 saturated carbocycles. The number of unbranched alkanes of at least 4 members (excludes halogenated alkanes) is 1. The Hall–Kier alpha value is -1.50. The second kappa shape index (κ2) is 5.54. The number of hydrogen-bond acceptors (Lipinski definition) is 1. The third-order valence-corrected chi connectivity index (χ3v) is 6.84. The molecule has 0 saturated heterocycles. The van der Waals surface area contributed by atoms with Crippen LogP contribution in [0.5, 0.6) is 5.75 Å². The summed E-state index contributed by atoms with van der Waals surface area (Å²) in [5, 5.41) is 9.75. The molecule has 4 rings (SSSR count). The van der Waals surface area contributed by atoms with Crippen LogP contribution in [0.4, 0.5) is 0 Å². The zero-order valence-electron chi connectivity index (χ0n) is 14.4. The molecule has 1 aromatic rings. The first-order chi connectivity index (χ1) is 11.1. The normalized spacial score (nSPS) is 34.5. The van der Waals surface area contributed by atoms with Crippen molar-refractivity contribution in [2.45, 2.75) is 58.3 Å². The summed E-state index contributed by atoms with van der Waals surface area (Å²) in [6.07, 6.45) is 15.1. The number of hydrogen-bond donors (Lipinski definition) is 1. The fourth-order valence-electron chi connectivity index (χ4n) is 5.50. The topological polar surface area (TPSA) is 20.2 Å². The van der Waals surface area contributed by atoms with Gasteiger partial charge in [0.1, 0.15) is 5.75 Å². The van der Waals surface area contributed by atoms with Crippen LogP contribution in [0.2, 0.25) is 0 Å². The Balaban J connectivity index is 1.63. The lowest BCUT2D eigenvalue weighted by atomic mass is 9.55. The molecule has 23 heavy (non-hydrogen) atoms. The maximum Gasteiger partial charge on any atom is 0.116 e. The van der Waals surface area contributed by atoms with Gasteiger partial charge in [-0.25, -0.2) is 0 Å². The van der Waals surface area contributed by atoms with Crippen molar-refractivity contribution in [1.29, 1.82) is 0 Å². The zero-order valence-corrected chi connectivity index (χ0v) is 14.4. The van der Waals surface area contributed by atoms with Crippen LogP contribution in [0, 0.1) is 17.3 Å². The Bertz CT molecular complexity index is 669. The first-order valence-corrected chi connectivity index (χ1v) is 9.34. The lowest BCUT2D eigenvalue weighted by Gasteiger charge is -2.48. The van der Waals surface area contributed by atoms with Crippen molar-refractivity contribution in [2.24, 2.45) is 17.3 Å². The van der Waals surface area contributed by atoms with Crippen LogP contribution in [0.3, 0.4) is 0 Å². The van der Waals surface area contributed by atoms with Crippen LogP contribution in [0.1, 0.15) is 69.4 Å². The van der Waals surface area contributed by atoms with Crippen molar-refractivity contribution in [3.63, 3.8) is 0 Å². The number of fused-ring (bicyclic) bond motifs is 5. The number of phenolic OH excluding ortho intramolecular Hbond substituents is 1. The first kappa shape index (κ1) is 15.1. The number of allylic oxidation sites excluding steroid dienone is 3. The van der Waals surface area contributed by atoms with Gasteiger partial charge in [-0.1, -0.05) is 50.1 Å². The summed E-state index contributed by atoms with van der Waals surface area (Å²) in [5.74, 6) is 2.47. The van der Waals surface area contributed by atoms with E-state index in [9.17, 15) is 5.11 Å². The molecule has 3 unspecified atom stereocenters. The first-order valence-electron chi connectivity index (χ1n) is 9.34. The van der Waals surface area contributed by atoms with E-state index in [1.165, 1.54) is 49.7 Å². The van der Waals surface area contributed by atoms with Crippen LogP contribution in [-0.4, -0.2) is 5.11 Å². The van der Waals surface area contributed by atoms with Crippen molar-refractivity contribution >= 4 is 6.08 Å². The summed E-state index contributed by atoms with van der Waals surface area (Å²) >= 11 is 0. The molecular formula is C22H28O. The summed E-state index contributed by atoms with van der Waals surface area (Å²) in [5.41, 5.74) is 4.86. The molecule has 122 valence electrons. The van der Waals surface area contributed by atoms with E-state index in [2.05, 4.69) is 38.1 Å². The summed E-state index contributed by atoms with van der Waals surface area (Å²) < 4.78 is 0. The van der Waals surface area contributed by atoms with Crippen molar-refractivity contribution < 1.29 is 5.11 Å². The van der Waals surface area contributed by atoms with E-state index in [4.69, 9.17) is 0 Å². The molecule has 0 heterocycles. The molecule has 0 aromatic heterocycles. The van der Waals surface area contributed by atoms with Gasteiger partial charge < -0.3 is 5.11 Å². The molecule has 3 aliphatic carbocycles. The number of aromatic hydroxyl groups is 1. The summed E-state index contributed by atoms with van der Waals surface area (Å²) in [7, 11) is 0. The lowest BCUT2D eigenvalue weighted by Crippen LogP contribution is -2.39. The highest BCUT2D eigenvalue weighted by atomic mass is 16.3. The molecule has 0 spiro atoms. The summed E-state index contributed by atoms with van der Waals surface area (Å²) in [4.78, 5) is 0. The van der Waals surface area contributed by atoms with Crippen LogP contribution >= 0.6 is 0 Å². The molecule has 1 aromatic carbocycles. The van der Waals surface area contributed by atoms with E-state index in [1.54, 1.807) is 5.57 Å². The van der Waals surface area contributed by atoms with Crippen molar-refractivity contribution in [3.8, 4) is 5.75 Å². The van der Waals surface area contributed by atoms with E-state index >= 15 is 0 Å². The Morgan fingerprint density at radius 1 is 1.30 bits per heavy atom. The average Bonchev–Trinajstić information content (AvgIpc) is 2.89. The van der Waals surface area contributed by atoms with Crippen molar-refractivity contribution in [1.82, 2.24) is 0 Å². The van der Waals surface area contributed by atoms with Crippen LogP contribution in [0.15, 0.2) is 35.9 Å². The van der Waals surface area contributed by atoms with Gasteiger partial charge >= 0.3 is 0 Å². The molecule has 4 atom stereocenters. The SMILES string of the molecule is CCCCC1=CCC2C3C=Cc4cc(O)ccc4C3CC[C@]12C. The van der Waals surface area contributed by atoms with Gasteiger partial charge in [-0.15, -0.1) is 0 Å². The molecule has 1 nitrogen and oxygen atoms in total. The minimum absolute atomic E-state index is 0.386. The van der Waals surface area contributed by atoms with E-state index in [0.29, 0.717) is 23.0 Å². The van der Waals surface area contributed by atoms with E-state index in [1.807, 2.05) is 12.1 Å². The predicted molar refractivity (Wildman–Crippen MR) is 96.4 cm³/mol. The maximum absolute atomic E-state index is 9.75.